The van der Waals surface area contributed by atoms with Gasteiger partial charge in [0.2, 0.25) is 0 Å². The van der Waals surface area contributed by atoms with E-state index in [1.807, 2.05) is 0 Å². The highest BCUT2D eigenvalue weighted by Gasteiger charge is 2.26. The zero-order chi connectivity index (χ0) is 8.97. The molecule has 0 spiro atoms. The Hall–Kier alpha value is -0.0800. The molecule has 3 N–H and O–H groups in total. The Morgan fingerprint density at radius 2 is 2.17 bits per heavy atom. The van der Waals surface area contributed by atoms with Crippen molar-refractivity contribution in [2.24, 2.45) is 11.7 Å². The predicted molar refractivity (Wildman–Crippen MR) is 53.1 cm³/mol. The van der Waals surface area contributed by atoms with Gasteiger partial charge in [-0.25, -0.2) is 0 Å². The van der Waals surface area contributed by atoms with Crippen LogP contribution >= 0.6 is 0 Å². The Labute approximate surface area is 75.9 Å². The number of hydrogen-bond donors (Lipinski definition) is 2. The summed E-state index contributed by atoms with van der Waals surface area (Å²) in [5, 5.41) is 3.59. The van der Waals surface area contributed by atoms with Crippen LogP contribution in [0.15, 0.2) is 0 Å². The first-order chi connectivity index (χ1) is 5.77. The van der Waals surface area contributed by atoms with Crippen molar-refractivity contribution >= 4 is 0 Å². The Bertz CT molecular complexity index is 121. The largest absolute Gasteiger partial charge is 0.329 e. The molecule has 2 heteroatoms. The summed E-state index contributed by atoms with van der Waals surface area (Å²) in [4.78, 5) is 0. The van der Waals surface area contributed by atoms with Crippen molar-refractivity contribution in [3.05, 3.63) is 0 Å². The molecule has 2 unspecified atom stereocenters. The number of nitrogens with two attached hydrogens (primary N) is 1. The molecule has 1 aliphatic carbocycles. The molecule has 0 aromatic carbocycles. The van der Waals surface area contributed by atoms with E-state index in [4.69, 9.17) is 5.73 Å². The van der Waals surface area contributed by atoms with E-state index >= 15 is 0 Å². The highest BCUT2D eigenvalue weighted by molar-refractivity contribution is 4.84. The molecule has 0 radical (unpaired) electrons. The van der Waals surface area contributed by atoms with Crippen molar-refractivity contribution < 1.29 is 0 Å². The Morgan fingerprint density at radius 1 is 1.50 bits per heavy atom. The molecule has 0 aromatic rings. The second-order valence-corrected chi connectivity index (χ2v) is 4.01. The van der Waals surface area contributed by atoms with E-state index in [2.05, 4.69) is 19.2 Å². The van der Waals surface area contributed by atoms with E-state index in [-0.39, 0.29) is 0 Å². The van der Waals surface area contributed by atoms with Gasteiger partial charge in [0.15, 0.2) is 0 Å². The predicted octanol–water partition coefficient (Wildman–Crippen LogP) is 1.50. The van der Waals surface area contributed by atoms with Gasteiger partial charge in [0, 0.05) is 18.6 Å². The van der Waals surface area contributed by atoms with Gasteiger partial charge in [-0.1, -0.05) is 13.3 Å². The summed E-state index contributed by atoms with van der Waals surface area (Å²) in [6.07, 6.45) is 5.36. The quantitative estimate of drug-likeness (QED) is 0.656. The zero-order valence-corrected chi connectivity index (χ0v) is 8.34. The molecule has 1 fully saturated rings. The van der Waals surface area contributed by atoms with Crippen molar-refractivity contribution in [1.29, 1.82) is 0 Å². The number of hydrogen-bond acceptors (Lipinski definition) is 2. The van der Waals surface area contributed by atoms with Crippen molar-refractivity contribution in [2.75, 3.05) is 6.54 Å². The summed E-state index contributed by atoms with van der Waals surface area (Å²) in [5.41, 5.74) is 5.72. The minimum absolute atomic E-state index is 0.577. The van der Waals surface area contributed by atoms with Crippen molar-refractivity contribution in [2.45, 2.75) is 51.6 Å². The Morgan fingerprint density at radius 3 is 2.50 bits per heavy atom. The smallest absolute Gasteiger partial charge is 0.0220 e. The summed E-state index contributed by atoms with van der Waals surface area (Å²) in [6.45, 7) is 5.25. The fourth-order valence-corrected chi connectivity index (χ4v) is 1.72. The van der Waals surface area contributed by atoms with Gasteiger partial charge in [-0.3, -0.25) is 0 Å². The highest BCUT2D eigenvalue weighted by atomic mass is 15.0. The van der Waals surface area contributed by atoms with Crippen molar-refractivity contribution in [1.82, 2.24) is 5.32 Å². The van der Waals surface area contributed by atoms with Crippen LogP contribution in [0.4, 0.5) is 0 Å². The Kier molecular flexibility index (Phi) is 4.02. The summed E-state index contributed by atoms with van der Waals surface area (Å²) in [6, 6.07) is 1.20. The number of nitrogens with one attached hydrogen (secondary N) is 1. The molecular weight excluding hydrogens is 148 g/mol. The second-order valence-electron chi connectivity index (χ2n) is 4.01. The van der Waals surface area contributed by atoms with Crippen LogP contribution in [-0.2, 0) is 0 Å². The third-order valence-electron chi connectivity index (χ3n) is 3.08. The fourth-order valence-electron chi connectivity index (χ4n) is 1.72. The van der Waals surface area contributed by atoms with Gasteiger partial charge >= 0.3 is 0 Å². The van der Waals surface area contributed by atoms with Gasteiger partial charge in [0.1, 0.15) is 0 Å². The molecule has 0 amide bonds. The summed E-state index contributed by atoms with van der Waals surface area (Å²) in [7, 11) is 0. The molecule has 2 nitrogen and oxygen atoms in total. The van der Waals surface area contributed by atoms with Gasteiger partial charge in [0.05, 0.1) is 0 Å². The van der Waals surface area contributed by atoms with E-state index in [0.29, 0.717) is 12.1 Å². The first-order valence-corrected chi connectivity index (χ1v) is 5.24. The number of rotatable bonds is 5. The maximum Gasteiger partial charge on any atom is 0.0220 e. The lowest BCUT2D eigenvalue weighted by atomic mass is 9.79. The first-order valence-electron chi connectivity index (χ1n) is 5.24. The van der Waals surface area contributed by atoms with Gasteiger partial charge in [-0.2, -0.15) is 0 Å². The average Bonchev–Trinajstić information content (AvgIpc) is 1.99. The Balaban J connectivity index is 2.24. The maximum atomic E-state index is 5.72. The monoisotopic (exact) mass is 170 g/mol. The van der Waals surface area contributed by atoms with Crippen LogP contribution in [-0.4, -0.2) is 18.6 Å². The highest BCUT2D eigenvalue weighted by Crippen LogP contribution is 2.29. The summed E-state index contributed by atoms with van der Waals surface area (Å²) >= 11 is 0. The molecule has 2 atom stereocenters. The van der Waals surface area contributed by atoms with Gasteiger partial charge in [-0.15, -0.1) is 0 Å². The van der Waals surface area contributed by atoms with Crippen LogP contribution in [0.25, 0.3) is 0 Å². The molecular formula is C10H22N2. The second kappa shape index (κ2) is 4.83. The van der Waals surface area contributed by atoms with E-state index in [1.165, 1.54) is 25.7 Å². The molecule has 0 aromatic heterocycles. The van der Waals surface area contributed by atoms with Crippen molar-refractivity contribution in [3.8, 4) is 0 Å². The van der Waals surface area contributed by atoms with Gasteiger partial charge in [0.25, 0.3) is 0 Å². The lowest BCUT2D eigenvalue weighted by molar-refractivity contribution is 0.219. The van der Waals surface area contributed by atoms with Crippen LogP contribution in [0, 0.1) is 5.92 Å². The minimum atomic E-state index is 0.577. The van der Waals surface area contributed by atoms with E-state index in [1.54, 1.807) is 0 Å². The topological polar surface area (TPSA) is 38.0 Å². The van der Waals surface area contributed by atoms with Crippen LogP contribution in [0.5, 0.6) is 0 Å². The van der Waals surface area contributed by atoms with E-state index in [0.717, 1.165) is 12.5 Å². The molecule has 0 bridgehead atoms. The van der Waals surface area contributed by atoms with Crippen LogP contribution in [0.1, 0.15) is 39.5 Å². The SMILES string of the molecule is CCC(C)NC(CN)C1CCC1. The molecule has 12 heavy (non-hydrogen) atoms. The zero-order valence-electron chi connectivity index (χ0n) is 8.34. The maximum absolute atomic E-state index is 5.72. The first kappa shape index (κ1) is 10.0. The molecule has 1 saturated carbocycles. The third kappa shape index (κ3) is 2.46. The summed E-state index contributed by atoms with van der Waals surface area (Å²) < 4.78 is 0. The normalized spacial score (nSPS) is 23.2. The average molecular weight is 170 g/mol. The minimum Gasteiger partial charge on any atom is -0.329 e. The molecule has 1 aliphatic rings. The van der Waals surface area contributed by atoms with Crippen LogP contribution < -0.4 is 11.1 Å². The van der Waals surface area contributed by atoms with E-state index in [9.17, 15) is 0 Å². The standard InChI is InChI=1S/C10H22N2/c1-3-8(2)12-10(7-11)9-5-4-6-9/h8-10,12H,3-7,11H2,1-2H3. The molecule has 1 rings (SSSR count). The molecule has 0 saturated heterocycles. The third-order valence-corrected chi connectivity index (χ3v) is 3.08. The van der Waals surface area contributed by atoms with Crippen molar-refractivity contribution in [3.63, 3.8) is 0 Å². The molecule has 72 valence electrons. The molecule has 0 heterocycles. The lowest BCUT2D eigenvalue weighted by Crippen LogP contribution is -2.48. The van der Waals surface area contributed by atoms with Crippen LogP contribution in [0.3, 0.4) is 0 Å². The summed E-state index contributed by atoms with van der Waals surface area (Å²) in [5.74, 6) is 0.865. The molecule has 0 aliphatic heterocycles. The lowest BCUT2D eigenvalue weighted by Gasteiger charge is -2.35. The fraction of sp³-hybridized carbons (Fsp3) is 1.00. The van der Waals surface area contributed by atoms with Gasteiger partial charge in [-0.05, 0) is 32.1 Å². The van der Waals surface area contributed by atoms with E-state index < -0.39 is 0 Å². The van der Waals surface area contributed by atoms with Crippen LogP contribution in [0.2, 0.25) is 0 Å². The van der Waals surface area contributed by atoms with Gasteiger partial charge < -0.3 is 11.1 Å².